The number of nitrogens with zero attached hydrogens (tertiary/aromatic N) is 1. The van der Waals surface area contributed by atoms with E-state index in [0.29, 0.717) is 13.1 Å². The summed E-state index contributed by atoms with van der Waals surface area (Å²) in [7, 11) is -3.32. The van der Waals surface area contributed by atoms with Crippen LogP contribution in [-0.2, 0) is 10.2 Å². The number of hydrogen-bond acceptors (Lipinski definition) is 2. The van der Waals surface area contributed by atoms with Crippen molar-refractivity contribution in [2.45, 2.75) is 20.3 Å². The molecular weight excluding hydrogens is 152 g/mol. The molecule has 0 saturated carbocycles. The average Bonchev–Trinajstić information content (AvgIpc) is 1.84. The van der Waals surface area contributed by atoms with Crippen LogP contribution in [0.4, 0.5) is 0 Å². The van der Waals surface area contributed by atoms with Gasteiger partial charge in [-0.2, -0.15) is 8.42 Å². The van der Waals surface area contributed by atoms with E-state index >= 15 is 0 Å². The predicted octanol–water partition coefficient (Wildman–Crippen LogP) is -0.145. The number of rotatable bonds is 5. The predicted molar refractivity (Wildman–Crippen MR) is 39.9 cm³/mol. The minimum Gasteiger partial charge on any atom is -0.201 e. The van der Waals surface area contributed by atoms with Crippen molar-refractivity contribution < 1.29 is 8.42 Å². The topological polar surface area (TPSA) is 60.3 Å². The van der Waals surface area contributed by atoms with Crippen LogP contribution in [-0.4, -0.2) is 21.5 Å². The lowest BCUT2D eigenvalue weighted by Gasteiger charge is -2.01. The van der Waals surface area contributed by atoms with Gasteiger partial charge in [0.15, 0.2) is 0 Å². The highest BCUT2D eigenvalue weighted by Crippen LogP contribution is 1.79. The Morgan fingerprint density at radius 1 is 1.40 bits per heavy atom. The molecule has 0 aromatic rings. The molecule has 0 aliphatic carbocycles. The highest BCUT2D eigenvalue weighted by atomic mass is 32.2. The smallest absolute Gasteiger partial charge is 0.201 e. The van der Waals surface area contributed by atoms with Crippen molar-refractivity contribution in [3.63, 3.8) is 0 Å². The van der Waals surface area contributed by atoms with Crippen molar-refractivity contribution in [1.82, 2.24) is 9.44 Å². The van der Waals surface area contributed by atoms with Gasteiger partial charge in [0.25, 0.3) is 10.2 Å². The van der Waals surface area contributed by atoms with E-state index in [4.69, 9.17) is 0 Å². The molecule has 0 spiro atoms. The van der Waals surface area contributed by atoms with Crippen LogP contribution < -0.4 is 9.44 Å². The van der Waals surface area contributed by atoms with Crippen LogP contribution in [0.25, 0.3) is 0 Å². The zero-order valence-electron chi connectivity index (χ0n) is 6.29. The summed E-state index contributed by atoms with van der Waals surface area (Å²) in [6.45, 7) is 4.35. The van der Waals surface area contributed by atoms with Crippen LogP contribution in [0.2, 0.25) is 0 Å². The Bertz CT molecular complexity index is 164. The van der Waals surface area contributed by atoms with Gasteiger partial charge < -0.3 is 0 Å². The monoisotopic (exact) mass is 165 g/mol. The third kappa shape index (κ3) is 4.72. The summed E-state index contributed by atoms with van der Waals surface area (Å²) in [5.41, 5.74) is 0. The summed E-state index contributed by atoms with van der Waals surface area (Å²) in [4.78, 5) is 0. The van der Waals surface area contributed by atoms with E-state index in [-0.39, 0.29) is 0 Å². The molecule has 0 saturated heterocycles. The maximum absolute atomic E-state index is 10.7. The minimum atomic E-state index is -3.32. The summed E-state index contributed by atoms with van der Waals surface area (Å²) in [5, 5.41) is 0. The quantitative estimate of drug-likeness (QED) is 0.616. The molecule has 0 aromatic heterocycles. The van der Waals surface area contributed by atoms with Gasteiger partial charge in [-0.1, -0.05) is 6.92 Å². The molecule has 4 nitrogen and oxygen atoms in total. The van der Waals surface area contributed by atoms with E-state index in [1.165, 1.54) is 0 Å². The lowest BCUT2D eigenvalue weighted by Crippen LogP contribution is -2.31. The van der Waals surface area contributed by atoms with Gasteiger partial charge in [-0.15, -0.1) is 4.72 Å². The van der Waals surface area contributed by atoms with E-state index in [1.54, 1.807) is 6.92 Å². The van der Waals surface area contributed by atoms with E-state index in [2.05, 4.69) is 9.44 Å². The molecule has 10 heavy (non-hydrogen) atoms. The van der Waals surface area contributed by atoms with Crippen molar-refractivity contribution in [3.05, 3.63) is 0 Å². The Morgan fingerprint density at radius 2 is 2.00 bits per heavy atom. The fraction of sp³-hybridized carbons (Fsp3) is 1.00. The number of hydrogen-bond donors (Lipinski definition) is 1. The first-order valence-corrected chi connectivity index (χ1v) is 4.74. The van der Waals surface area contributed by atoms with Crippen molar-refractivity contribution >= 4 is 10.2 Å². The highest BCUT2D eigenvalue weighted by molar-refractivity contribution is 7.87. The van der Waals surface area contributed by atoms with Crippen LogP contribution in [0.1, 0.15) is 20.3 Å². The third-order valence-electron chi connectivity index (χ3n) is 0.834. The van der Waals surface area contributed by atoms with Gasteiger partial charge in [-0.3, -0.25) is 0 Å². The molecular formula is C5H13N2O2S. The van der Waals surface area contributed by atoms with E-state index in [1.807, 2.05) is 6.92 Å². The van der Waals surface area contributed by atoms with Gasteiger partial charge in [-0.25, -0.2) is 4.72 Å². The van der Waals surface area contributed by atoms with Crippen molar-refractivity contribution in [3.8, 4) is 0 Å². The fourth-order valence-corrected chi connectivity index (χ4v) is 1.34. The van der Waals surface area contributed by atoms with Gasteiger partial charge in [0.05, 0.1) is 0 Å². The summed E-state index contributed by atoms with van der Waals surface area (Å²) >= 11 is 0. The van der Waals surface area contributed by atoms with Gasteiger partial charge in [0, 0.05) is 13.1 Å². The molecule has 0 rings (SSSR count). The van der Waals surface area contributed by atoms with E-state index < -0.39 is 10.2 Å². The van der Waals surface area contributed by atoms with Crippen LogP contribution in [0.5, 0.6) is 0 Å². The maximum Gasteiger partial charge on any atom is 0.293 e. The largest absolute Gasteiger partial charge is 0.293 e. The van der Waals surface area contributed by atoms with Crippen LogP contribution >= 0.6 is 0 Å². The second-order valence-electron chi connectivity index (χ2n) is 1.81. The molecule has 1 radical (unpaired) electrons. The zero-order valence-corrected chi connectivity index (χ0v) is 7.11. The molecule has 0 unspecified atom stereocenters. The van der Waals surface area contributed by atoms with Crippen LogP contribution in [0, 0.1) is 0 Å². The Kier molecular flexibility index (Phi) is 4.59. The van der Waals surface area contributed by atoms with Crippen LogP contribution in [0.15, 0.2) is 0 Å². The summed E-state index contributed by atoms with van der Waals surface area (Å²) < 4.78 is 27.1. The van der Waals surface area contributed by atoms with E-state index in [0.717, 1.165) is 6.42 Å². The van der Waals surface area contributed by atoms with Gasteiger partial charge in [-0.05, 0) is 13.3 Å². The first-order chi connectivity index (χ1) is 4.62. The third-order valence-corrected chi connectivity index (χ3v) is 2.00. The summed E-state index contributed by atoms with van der Waals surface area (Å²) in [5.74, 6) is 0. The zero-order chi connectivity index (χ0) is 8.04. The first-order valence-electron chi connectivity index (χ1n) is 3.30. The average molecular weight is 165 g/mol. The van der Waals surface area contributed by atoms with Gasteiger partial charge >= 0.3 is 0 Å². The second kappa shape index (κ2) is 4.65. The molecule has 61 valence electrons. The molecule has 0 aliphatic rings. The van der Waals surface area contributed by atoms with Crippen molar-refractivity contribution in [2.24, 2.45) is 0 Å². The normalized spacial score (nSPS) is 11.8. The van der Waals surface area contributed by atoms with E-state index in [9.17, 15) is 8.42 Å². The molecule has 1 N–H and O–H groups in total. The molecule has 0 aliphatic heterocycles. The maximum atomic E-state index is 10.7. The second-order valence-corrected chi connectivity index (χ2v) is 3.31. The molecule has 0 fully saturated rings. The van der Waals surface area contributed by atoms with Crippen LogP contribution in [0.3, 0.4) is 0 Å². The van der Waals surface area contributed by atoms with Gasteiger partial charge in [0.1, 0.15) is 0 Å². The lowest BCUT2D eigenvalue weighted by atomic mass is 10.5. The summed E-state index contributed by atoms with van der Waals surface area (Å²) in [6.07, 6.45) is 0.790. The Hall–Kier alpha value is -0.130. The summed E-state index contributed by atoms with van der Waals surface area (Å²) in [6, 6.07) is 0. The molecule has 0 aromatic carbocycles. The van der Waals surface area contributed by atoms with Crippen molar-refractivity contribution in [2.75, 3.05) is 13.1 Å². The molecule has 0 heterocycles. The lowest BCUT2D eigenvalue weighted by molar-refractivity contribution is 0.566. The molecule has 5 heteroatoms. The first kappa shape index (κ1) is 9.87. The number of nitrogens with one attached hydrogen (secondary N) is 1. The Morgan fingerprint density at radius 3 is 2.40 bits per heavy atom. The molecule has 0 amide bonds. The SMILES string of the molecule is CCCNS(=O)(=O)[N]CC. The standard InChI is InChI=1S/C5H13N2O2S/c1-3-5-7-10(8,9)6-4-2/h7H,3-5H2,1-2H3. The fourth-order valence-electron chi connectivity index (χ4n) is 0.447. The van der Waals surface area contributed by atoms with Gasteiger partial charge in [0.2, 0.25) is 0 Å². The van der Waals surface area contributed by atoms with Crippen molar-refractivity contribution in [1.29, 1.82) is 0 Å². The molecule has 0 atom stereocenters. The Balaban J connectivity index is 3.65. The highest BCUT2D eigenvalue weighted by Gasteiger charge is 2.05. The Labute approximate surface area is 62.2 Å². The molecule has 0 bridgehead atoms. The minimum absolute atomic E-state index is 0.305.